The minimum Gasteiger partial charge on any atom is -0.481 e. The molecule has 0 aliphatic rings. The molecule has 10 heteroatoms. The lowest BCUT2D eigenvalue weighted by Gasteiger charge is -2.21. The van der Waals surface area contributed by atoms with E-state index >= 15 is 0 Å². The Morgan fingerprint density at radius 3 is 2.04 bits per heavy atom. The van der Waals surface area contributed by atoms with E-state index in [0.29, 0.717) is 19.4 Å². The monoisotopic (exact) mass is 332 g/mol. The summed E-state index contributed by atoms with van der Waals surface area (Å²) in [6.07, 6.45) is 0.830. The van der Waals surface area contributed by atoms with Crippen LogP contribution in [0.1, 0.15) is 32.1 Å². The number of nitrogens with two attached hydrogens (primary N) is 2. The molecule has 0 aliphatic carbocycles. The van der Waals surface area contributed by atoms with Crippen LogP contribution in [0.3, 0.4) is 0 Å². The molecule has 0 aromatic rings. The number of carbonyl (C=O) groups is 4. The maximum absolute atomic E-state index is 12.1. The van der Waals surface area contributed by atoms with Crippen LogP contribution >= 0.6 is 0 Å². The highest BCUT2D eigenvalue weighted by molar-refractivity contribution is 5.90. The van der Waals surface area contributed by atoms with E-state index in [9.17, 15) is 19.2 Å². The third-order valence-corrected chi connectivity index (χ3v) is 3.05. The highest BCUT2D eigenvalue weighted by Gasteiger charge is 2.26. The largest absolute Gasteiger partial charge is 0.481 e. The molecule has 23 heavy (non-hydrogen) atoms. The van der Waals surface area contributed by atoms with Gasteiger partial charge in [0.05, 0.1) is 6.54 Å². The van der Waals surface area contributed by atoms with Crippen LogP contribution in [-0.4, -0.2) is 59.1 Å². The van der Waals surface area contributed by atoms with Gasteiger partial charge in [-0.1, -0.05) is 0 Å². The number of carboxylic acid groups (broad SMARTS) is 2. The summed E-state index contributed by atoms with van der Waals surface area (Å²) in [6, 6.07) is -2.28. The van der Waals surface area contributed by atoms with Crippen LogP contribution < -0.4 is 22.1 Å². The molecule has 0 spiro atoms. The van der Waals surface area contributed by atoms with Crippen molar-refractivity contribution in [1.82, 2.24) is 10.6 Å². The van der Waals surface area contributed by atoms with E-state index in [4.69, 9.17) is 21.7 Å². The molecule has 0 bridgehead atoms. The molecule has 132 valence electrons. The molecular formula is C13H24N4O6. The van der Waals surface area contributed by atoms with Gasteiger partial charge in [-0.05, 0) is 32.2 Å². The van der Waals surface area contributed by atoms with E-state index in [0.717, 1.165) is 0 Å². The van der Waals surface area contributed by atoms with Gasteiger partial charge < -0.3 is 32.3 Å². The van der Waals surface area contributed by atoms with Gasteiger partial charge in [-0.15, -0.1) is 0 Å². The molecule has 0 fully saturated rings. The molecule has 0 unspecified atom stereocenters. The van der Waals surface area contributed by atoms with Crippen LogP contribution in [0.15, 0.2) is 0 Å². The maximum atomic E-state index is 12.1. The van der Waals surface area contributed by atoms with Gasteiger partial charge in [-0.2, -0.15) is 0 Å². The quantitative estimate of drug-likeness (QED) is 0.221. The van der Waals surface area contributed by atoms with Gasteiger partial charge >= 0.3 is 11.9 Å². The molecular weight excluding hydrogens is 308 g/mol. The highest BCUT2D eigenvalue weighted by Crippen LogP contribution is 2.04. The molecule has 2 amide bonds. The minimum atomic E-state index is -1.34. The average Bonchev–Trinajstić information content (AvgIpc) is 2.49. The average molecular weight is 332 g/mol. The van der Waals surface area contributed by atoms with Crippen LogP contribution in [-0.2, 0) is 19.2 Å². The smallest absolute Gasteiger partial charge is 0.326 e. The Hall–Kier alpha value is -2.20. The Bertz CT molecular complexity index is 429. The molecule has 10 nitrogen and oxygen atoms in total. The number of unbranched alkanes of at least 4 members (excludes halogenated alkanes) is 1. The van der Waals surface area contributed by atoms with Gasteiger partial charge in [-0.3, -0.25) is 14.4 Å². The Kier molecular flexibility index (Phi) is 10.3. The zero-order valence-electron chi connectivity index (χ0n) is 12.8. The molecule has 0 saturated heterocycles. The predicted molar refractivity (Wildman–Crippen MR) is 80.3 cm³/mol. The lowest BCUT2D eigenvalue weighted by Crippen LogP contribution is -2.52. The Balaban J connectivity index is 4.76. The molecule has 0 rings (SSSR count). The third kappa shape index (κ3) is 9.42. The molecule has 0 aliphatic heterocycles. The molecule has 8 N–H and O–H groups in total. The summed E-state index contributed by atoms with van der Waals surface area (Å²) in [4.78, 5) is 45.1. The predicted octanol–water partition coefficient (Wildman–Crippen LogP) is -2.01. The second-order valence-corrected chi connectivity index (χ2v) is 4.94. The van der Waals surface area contributed by atoms with Crippen molar-refractivity contribution in [1.29, 1.82) is 0 Å². The molecule has 2 atom stereocenters. The van der Waals surface area contributed by atoms with E-state index in [2.05, 4.69) is 10.6 Å². The Labute approximate surface area is 133 Å². The summed E-state index contributed by atoms with van der Waals surface area (Å²) in [6.45, 7) is 0.123. The Morgan fingerprint density at radius 2 is 1.57 bits per heavy atom. The fourth-order valence-electron chi connectivity index (χ4n) is 1.81. The van der Waals surface area contributed by atoms with Crippen LogP contribution in [0, 0.1) is 0 Å². The molecule has 0 radical (unpaired) electrons. The maximum Gasteiger partial charge on any atom is 0.326 e. The SMILES string of the molecule is NCCCC[C@H](NC(=O)CN)C(=O)N[C@@H](CCC(=O)O)C(=O)O. The summed E-state index contributed by atoms with van der Waals surface area (Å²) < 4.78 is 0. The highest BCUT2D eigenvalue weighted by atomic mass is 16.4. The molecule has 0 saturated carbocycles. The number of carboxylic acids is 2. The van der Waals surface area contributed by atoms with Crippen LogP contribution in [0.4, 0.5) is 0 Å². The van der Waals surface area contributed by atoms with Crippen molar-refractivity contribution in [2.75, 3.05) is 13.1 Å². The van der Waals surface area contributed by atoms with Crippen LogP contribution in [0.2, 0.25) is 0 Å². The first-order chi connectivity index (χ1) is 10.8. The van der Waals surface area contributed by atoms with Gasteiger partial charge in [0.25, 0.3) is 0 Å². The first-order valence-corrected chi connectivity index (χ1v) is 7.26. The number of carbonyl (C=O) groups excluding carboxylic acids is 2. The zero-order chi connectivity index (χ0) is 17.8. The second-order valence-electron chi connectivity index (χ2n) is 4.94. The zero-order valence-corrected chi connectivity index (χ0v) is 12.8. The van der Waals surface area contributed by atoms with Crippen molar-refractivity contribution in [3.8, 4) is 0 Å². The minimum absolute atomic E-state index is 0.253. The van der Waals surface area contributed by atoms with E-state index in [1.165, 1.54) is 0 Å². The van der Waals surface area contributed by atoms with Gasteiger partial charge in [0, 0.05) is 6.42 Å². The first kappa shape index (κ1) is 20.8. The summed E-state index contributed by atoms with van der Waals surface area (Å²) in [5, 5.41) is 22.3. The fraction of sp³-hybridized carbons (Fsp3) is 0.692. The lowest BCUT2D eigenvalue weighted by atomic mass is 10.1. The van der Waals surface area contributed by atoms with E-state index in [1.54, 1.807) is 0 Å². The van der Waals surface area contributed by atoms with Crippen LogP contribution in [0.25, 0.3) is 0 Å². The van der Waals surface area contributed by atoms with Crippen molar-refractivity contribution >= 4 is 23.8 Å². The number of hydrogen-bond donors (Lipinski definition) is 6. The third-order valence-electron chi connectivity index (χ3n) is 3.05. The van der Waals surface area contributed by atoms with Crippen LogP contribution in [0.5, 0.6) is 0 Å². The van der Waals surface area contributed by atoms with E-state index in [1.807, 2.05) is 0 Å². The normalized spacial score (nSPS) is 13.0. The first-order valence-electron chi connectivity index (χ1n) is 7.26. The number of nitrogens with one attached hydrogen (secondary N) is 2. The van der Waals surface area contributed by atoms with Crippen molar-refractivity contribution in [3.63, 3.8) is 0 Å². The standard InChI is InChI=1S/C13H24N4O6/c14-6-2-1-3-8(16-10(18)7-15)12(21)17-9(13(22)23)4-5-11(19)20/h8-9H,1-7,14-15H2,(H,16,18)(H,17,21)(H,19,20)(H,22,23)/t8-,9-/m0/s1. The summed E-state index contributed by atoms with van der Waals surface area (Å²) >= 11 is 0. The second kappa shape index (κ2) is 11.4. The van der Waals surface area contributed by atoms with Gasteiger partial charge in [0.1, 0.15) is 12.1 Å². The topological polar surface area (TPSA) is 185 Å². The lowest BCUT2D eigenvalue weighted by molar-refractivity contribution is -0.143. The molecule has 0 aromatic heterocycles. The summed E-state index contributed by atoms with van der Waals surface area (Å²) in [7, 11) is 0. The van der Waals surface area contributed by atoms with E-state index in [-0.39, 0.29) is 19.4 Å². The summed E-state index contributed by atoms with van der Waals surface area (Å²) in [5.41, 5.74) is 10.5. The molecule has 0 aromatic carbocycles. The van der Waals surface area contributed by atoms with Crippen molar-refractivity contribution in [2.24, 2.45) is 11.5 Å². The van der Waals surface area contributed by atoms with Crippen molar-refractivity contribution in [2.45, 2.75) is 44.2 Å². The number of aliphatic carboxylic acids is 2. The number of amides is 2. The number of rotatable bonds is 12. The number of hydrogen-bond acceptors (Lipinski definition) is 6. The van der Waals surface area contributed by atoms with Crippen molar-refractivity contribution < 1.29 is 29.4 Å². The van der Waals surface area contributed by atoms with Gasteiger partial charge in [0.15, 0.2) is 0 Å². The van der Waals surface area contributed by atoms with Gasteiger partial charge in [0.2, 0.25) is 11.8 Å². The van der Waals surface area contributed by atoms with Crippen molar-refractivity contribution in [3.05, 3.63) is 0 Å². The Morgan fingerprint density at radius 1 is 0.913 bits per heavy atom. The fourth-order valence-corrected chi connectivity index (χ4v) is 1.81. The molecule has 0 heterocycles. The van der Waals surface area contributed by atoms with E-state index < -0.39 is 42.3 Å². The summed E-state index contributed by atoms with van der Waals surface area (Å²) in [5.74, 6) is -3.75. The van der Waals surface area contributed by atoms with Gasteiger partial charge in [-0.25, -0.2) is 4.79 Å².